The van der Waals surface area contributed by atoms with Gasteiger partial charge in [-0.1, -0.05) is 35.9 Å². The van der Waals surface area contributed by atoms with E-state index >= 15 is 0 Å². The van der Waals surface area contributed by atoms with Crippen molar-refractivity contribution in [2.45, 2.75) is 6.92 Å². The van der Waals surface area contributed by atoms with Gasteiger partial charge in [0, 0.05) is 16.3 Å². The third-order valence-corrected chi connectivity index (χ3v) is 2.67. The molecule has 2 aromatic rings. The van der Waals surface area contributed by atoms with Crippen LogP contribution < -0.4 is 5.73 Å². The number of anilines is 1. The Kier molecular flexibility index (Phi) is 2.65. The lowest BCUT2D eigenvalue weighted by Crippen LogP contribution is -1.90. The summed E-state index contributed by atoms with van der Waals surface area (Å²) in [6.07, 6.45) is 0. The molecule has 2 rings (SSSR count). The van der Waals surface area contributed by atoms with E-state index in [1.165, 1.54) is 0 Å². The summed E-state index contributed by atoms with van der Waals surface area (Å²) in [5.74, 6) is 0. The Morgan fingerprint density at radius 2 is 1.73 bits per heavy atom. The summed E-state index contributed by atoms with van der Waals surface area (Å²) >= 11 is 5.91. The van der Waals surface area contributed by atoms with Crippen molar-refractivity contribution in [1.29, 1.82) is 0 Å². The van der Waals surface area contributed by atoms with E-state index < -0.39 is 0 Å². The number of halogens is 1. The zero-order chi connectivity index (χ0) is 10.8. The molecule has 0 aliphatic heterocycles. The molecule has 2 N–H and O–H groups in total. The second kappa shape index (κ2) is 3.95. The SMILES string of the molecule is Cc1cc(Cl)ccc1-c1ccccc1N. The molecule has 76 valence electrons. The van der Waals surface area contributed by atoms with Gasteiger partial charge in [0.2, 0.25) is 0 Å². The fourth-order valence-electron chi connectivity index (χ4n) is 1.67. The molecule has 15 heavy (non-hydrogen) atoms. The van der Waals surface area contributed by atoms with Gasteiger partial charge in [-0.2, -0.15) is 0 Å². The average molecular weight is 218 g/mol. The number of nitrogen functional groups attached to an aromatic ring is 1. The van der Waals surface area contributed by atoms with Crippen molar-refractivity contribution in [3.05, 3.63) is 53.1 Å². The van der Waals surface area contributed by atoms with Crippen LogP contribution in [-0.2, 0) is 0 Å². The van der Waals surface area contributed by atoms with Crippen molar-refractivity contribution >= 4 is 17.3 Å². The van der Waals surface area contributed by atoms with Crippen molar-refractivity contribution in [3.8, 4) is 11.1 Å². The third-order valence-electron chi connectivity index (χ3n) is 2.44. The number of benzene rings is 2. The van der Waals surface area contributed by atoms with E-state index in [0.717, 1.165) is 27.4 Å². The van der Waals surface area contributed by atoms with Gasteiger partial charge in [0.05, 0.1) is 0 Å². The number of para-hydroxylation sites is 1. The van der Waals surface area contributed by atoms with Gasteiger partial charge in [-0.15, -0.1) is 0 Å². The second-order valence-corrected chi connectivity index (χ2v) is 3.98. The maximum absolute atomic E-state index is 5.93. The molecule has 0 aromatic heterocycles. The van der Waals surface area contributed by atoms with Gasteiger partial charge in [-0.25, -0.2) is 0 Å². The number of hydrogen-bond acceptors (Lipinski definition) is 1. The molecule has 0 spiro atoms. The van der Waals surface area contributed by atoms with Crippen LogP contribution in [-0.4, -0.2) is 0 Å². The minimum atomic E-state index is 0.755. The largest absolute Gasteiger partial charge is 0.398 e. The van der Waals surface area contributed by atoms with Gasteiger partial charge in [0.1, 0.15) is 0 Å². The van der Waals surface area contributed by atoms with E-state index in [2.05, 4.69) is 0 Å². The van der Waals surface area contributed by atoms with Crippen LogP contribution in [0.3, 0.4) is 0 Å². The molecule has 0 unspecified atom stereocenters. The van der Waals surface area contributed by atoms with E-state index in [4.69, 9.17) is 17.3 Å². The summed E-state index contributed by atoms with van der Waals surface area (Å²) in [6, 6.07) is 13.7. The van der Waals surface area contributed by atoms with E-state index in [0.29, 0.717) is 0 Å². The molecule has 0 fully saturated rings. The molecule has 0 aliphatic rings. The van der Waals surface area contributed by atoms with Gasteiger partial charge < -0.3 is 5.73 Å². The van der Waals surface area contributed by atoms with Gasteiger partial charge in [0.15, 0.2) is 0 Å². The smallest absolute Gasteiger partial charge is 0.0409 e. The van der Waals surface area contributed by atoms with Gasteiger partial charge in [-0.3, -0.25) is 0 Å². The summed E-state index contributed by atoms with van der Waals surface area (Å²) in [6.45, 7) is 2.04. The van der Waals surface area contributed by atoms with Crippen LogP contribution in [0.1, 0.15) is 5.56 Å². The van der Waals surface area contributed by atoms with Crippen LogP contribution in [0, 0.1) is 6.92 Å². The van der Waals surface area contributed by atoms with Crippen molar-refractivity contribution in [3.63, 3.8) is 0 Å². The molecule has 2 aromatic carbocycles. The zero-order valence-electron chi connectivity index (χ0n) is 8.50. The Morgan fingerprint density at radius 1 is 1.00 bits per heavy atom. The van der Waals surface area contributed by atoms with E-state index in [9.17, 15) is 0 Å². The maximum atomic E-state index is 5.93. The van der Waals surface area contributed by atoms with Crippen LogP contribution in [0.15, 0.2) is 42.5 Å². The monoisotopic (exact) mass is 217 g/mol. The number of aryl methyl sites for hydroxylation is 1. The van der Waals surface area contributed by atoms with E-state index in [-0.39, 0.29) is 0 Å². The Morgan fingerprint density at radius 3 is 2.40 bits per heavy atom. The first-order chi connectivity index (χ1) is 7.18. The van der Waals surface area contributed by atoms with Gasteiger partial charge in [0.25, 0.3) is 0 Å². The molecule has 0 radical (unpaired) electrons. The first kappa shape index (κ1) is 10.1. The average Bonchev–Trinajstić information content (AvgIpc) is 2.20. The Bertz CT molecular complexity index is 492. The van der Waals surface area contributed by atoms with Crippen molar-refractivity contribution in [2.24, 2.45) is 0 Å². The molecule has 0 amide bonds. The molecular formula is C13H12ClN. The first-order valence-electron chi connectivity index (χ1n) is 4.79. The Hall–Kier alpha value is -1.47. The molecular weight excluding hydrogens is 206 g/mol. The molecule has 0 aliphatic carbocycles. The normalized spacial score (nSPS) is 10.3. The third kappa shape index (κ3) is 1.97. The van der Waals surface area contributed by atoms with Crippen molar-refractivity contribution in [2.75, 3.05) is 5.73 Å². The highest BCUT2D eigenvalue weighted by Gasteiger charge is 2.04. The summed E-state index contributed by atoms with van der Waals surface area (Å²) in [5.41, 5.74) is 10.1. The summed E-state index contributed by atoms with van der Waals surface area (Å²) in [5, 5.41) is 0.755. The fraction of sp³-hybridized carbons (Fsp3) is 0.0769. The fourth-order valence-corrected chi connectivity index (χ4v) is 1.90. The van der Waals surface area contributed by atoms with Crippen LogP contribution in [0.4, 0.5) is 5.69 Å². The molecule has 0 bridgehead atoms. The predicted molar refractivity (Wildman–Crippen MR) is 66.0 cm³/mol. The Balaban J connectivity index is 2.60. The summed E-state index contributed by atoms with van der Waals surface area (Å²) < 4.78 is 0. The molecule has 0 heterocycles. The molecule has 1 nitrogen and oxygen atoms in total. The van der Waals surface area contributed by atoms with E-state index in [1.54, 1.807) is 0 Å². The van der Waals surface area contributed by atoms with Crippen LogP contribution >= 0.6 is 11.6 Å². The molecule has 0 saturated carbocycles. The standard InChI is InChI=1S/C13H12ClN/c1-9-8-10(14)6-7-11(9)12-4-2-3-5-13(12)15/h2-8H,15H2,1H3. The van der Waals surface area contributed by atoms with Crippen molar-refractivity contribution in [1.82, 2.24) is 0 Å². The van der Waals surface area contributed by atoms with Crippen LogP contribution in [0.25, 0.3) is 11.1 Å². The summed E-state index contributed by atoms with van der Waals surface area (Å²) in [4.78, 5) is 0. The van der Waals surface area contributed by atoms with Gasteiger partial charge in [-0.05, 0) is 36.2 Å². The highest BCUT2D eigenvalue weighted by molar-refractivity contribution is 6.30. The molecule has 0 saturated heterocycles. The van der Waals surface area contributed by atoms with Gasteiger partial charge >= 0.3 is 0 Å². The molecule has 2 heteroatoms. The number of hydrogen-bond donors (Lipinski definition) is 1. The lowest BCUT2D eigenvalue weighted by molar-refractivity contribution is 1.46. The van der Waals surface area contributed by atoms with E-state index in [1.807, 2.05) is 49.4 Å². The summed E-state index contributed by atoms with van der Waals surface area (Å²) in [7, 11) is 0. The predicted octanol–water partition coefficient (Wildman–Crippen LogP) is 3.90. The highest BCUT2D eigenvalue weighted by Crippen LogP contribution is 2.29. The first-order valence-corrected chi connectivity index (χ1v) is 5.17. The Labute approximate surface area is 94.5 Å². The lowest BCUT2D eigenvalue weighted by atomic mass is 9.99. The topological polar surface area (TPSA) is 26.0 Å². The molecule has 0 atom stereocenters. The number of rotatable bonds is 1. The maximum Gasteiger partial charge on any atom is 0.0409 e. The lowest BCUT2D eigenvalue weighted by Gasteiger charge is -2.08. The minimum absolute atomic E-state index is 0.755. The van der Waals surface area contributed by atoms with Crippen LogP contribution in [0.5, 0.6) is 0 Å². The highest BCUT2D eigenvalue weighted by atomic mass is 35.5. The number of nitrogens with two attached hydrogens (primary N) is 1. The second-order valence-electron chi connectivity index (χ2n) is 3.55. The van der Waals surface area contributed by atoms with Crippen molar-refractivity contribution < 1.29 is 0 Å². The minimum Gasteiger partial charge on any atom is -0.398 e. The van der Waals surface area contributed by atoms with Crippen LogP contribution in [0.2, 0.25) is 5.02 Å². The zero-order valence-corrected chi connectivity index (χ0v) is 9.25. The quantitative estimate of drug-likeness (QED) is 0.721.